The third kappa shape index (κ3) is 3.57. The van der Waals surface area contributed by atoms with Crippen LogP contribution >= 0.6 is 0 Å². The third-order valence-electron chi connectivity index (χ3n) is 4.17. The molecule has 3 unspecified atom stereocenters. The molecule has 1 nitrogen and oxygen atoms in total. The molecule has 1 aliphatic carbocycles. The molecule has 0 bridgehead atoms. The molecule has 1 aromatic rings. The highest BCUT2D eigenvalue weighted by atomic mass is 14.7. The van der Waals surface area contributed by atoms with Gasteiger partial charge in [-0.2, -0.15) is 0 Å². The molecule has 0 spiro atoms. The maximum atomic E-state index is 6.38. The molecule has 2 N–H and O–H groups in total. The van der Waals surface area contributed by atoms with Crippen molar-refractivity contribution in [2.75, 3.05) is 0 Å². The number of rotatable bonds is 3. The van der Waals surface area contributed by atoms with Crippen LogP contribution in [0.1, 0.15) is 43.7 Å². The predicted octanol–water partition coefficient (Wildman–Crippen LogP) is 3.69. The molecule has 1 aromatic carbocycles. The van der Waals surface area contributed by atoms with Crippen molar-refractivity contribution >= 4 is 0 Å². The fraction of sp³-hybridized carbons (Fsp3) is 0.625. The minimum atomic E-state index is 0.348. The van der Waals surface area contributed by atoms with Crippen LogP contribution in [-0.4, -0.2) is 6.04 Å². The van der Waals surface area contributed by atoms with Crippen LogP contribution < -0.4 is 5.73 Å². The van der Waals surface area contributed by atoms with Gasteiger partial charge in [-0.3, -0.25) is 0 Å². The summed E-state index contributed by atoms with van der Waals surface area (Å²) in [4.78, 5) is 0. The lowest BCUT2D eigenvalue weighted by Gasteiger charge is -2.31. The first-order valence-electron chi connectivity index (χ1n) is 6.96. The number of nitrogens with two attached hydrogens (primary N) is 1. The zero-order valence-electron chi connectivity index (χ0n) is 11.2. The van der Waals surface area contributed by atoms with Gasteiger partial charge in [-0.05, 0) is 43.6 Å². The van der Waals surface area contributed by atoms with Gasteiger partial charge in [0.15, 0.2) is 0 Å². The van der Waals surface area contributed by atoms with Crippen LogP contribution in [0, 0.1) is 18.8 Å². The second kappa shape index (κ2) is 5.68. The topological polar surface area (TPSA) is 26.0 Å². The van der Waals surface area contributed by atoms with E-state index in [1.54, 1.807) is 0 Å². The molecule has 1 aliphatic rings. The van der Waals surface area contributed by atoms with Gasteiger partial charge in [-0.1, -0.05) is 49.6 Å². The standard InChI is InChI=1S/C16H25N/c1-12-6-8-14(9-7-12)11-16(17)15-5-3-4-13(2)10-15/h6-9,13,15-16H,3-5,10-11,17H2,1-2H3. The Hall–Kier alpha value is -0.820. The molecule has 94 valence electrons. The molecule has 0 amide bonds. The van der Waals surface area contributed by atoms with Gasteiger partial charge >= 0.3 is 0 Å². The van der Waals surface area contributed by atoms with Crippen molar-refractivity contribution in [3.8, 4) is 0 Å². The summed E-state index contributed by atoms with van der Waals surface area (Å²) in [6, 6.07) is 9.17. The van der Waals surface area contributed by atoms with Gasteiger partial charge in [-0.15, -0.1) is 0 Å². The highest BCUT2D eigenvalue weighted by Crippen LogP contribution is 2.31. The second-order valence-electron chi connectivity index (χ2n) is 5.89. The fourth-order valence-corrected chi connectivity index (χ4v) is 3.03. The Morgan fingerprint density at radius 3 is 2.59 bits per heavy atom. The lowest BCUT2D eigenvalue weighted by Crippen LogP contribution is -2.35. The van der Waals surface area contributed by atoms with Gasteiger partial charge in [0.2, 0.25) is 0 Å². The van der Waals surface area contributed by atoms with Crippen molar-refractivity contribution in [1.29, 1.82) is 0 Å². The van der Waals surface area contributed by atoms with Crippen LogP contribution in [0.2, 0.25) is 0 Å². The number of aryl methyl sites for hydroxylation is 1. The molecule has 2 rings (SSSR count). The van der Waals surface area contributed by atoms with Crippen LogP contribution in [0.25, 0.3) is 0 Å². The normalized spacial score (nSPS) is 26.8. The van der Waals surface area contributed by atoms with Crippen molar-refractivity contribution in [1.82, 2.24) is 0 Å². The van der Waals surface area contributed by atoms with E-state index >= 15 is 0 Å². The average molecular weight is 231 g/mol. The second-order valence-corrected chi connectivity index (χ2v) is 5.89. The van der Waals surface area contributed by atoms with E-state index < -0.39 is 0 Å². The van der Waals surface area contributed by atoms with Gasteiger partial charge < -0.3 is 5.73 Å². The molecule has 0 aromatic heterocycles. The predicted molar refractivity (Wildman–Crippen MR) is 74.0 cm³/mol. The zero-order chi connectivity index (χ0) is 12.3. The molecule has 1 heteroatoms. The third-order valence-corrected chi connectivity index (χ3v) is 4.17. The van der Waals surface area contributed by atoms with E-state index in [4.69, 9.17) is 5.73 Å². The van der Waals surface area contributed by atoms with Gasteiger partial charge in [0.05, 0.1) is 0 Å². The largest absolute Gasteiger partial charge is 0.327 e. The van der Waals surface area contributed by atoms with Crippen LogP contribution in [0.3, 0.4) is 0 Å². The first kappa shape index (κ1) is 12.6. The molecule has 3 atom stereocenters. The van der Waals surface area contributed by atoms with Gasteiger partial charge in [0.25, 0.3) is 0 Å². The Kier molecular flexibility index (Phi) is 4.22. The summed E-state index contributed by atoms with van der Waals surface area (Å²) in [7, 11) is 0. The van der Waals surface area contributed by atoms with Crippen LogP contribution in [-0.2, 0) is 6.42 Å². The lowest BCUT2D eigenvalue weighted by atomic mass is 9.77. The molecular formula is C16H25N. The van der Waals surface area contributed by atoms with Gasteiger partial charge in [0, 0.05) is 6.04 Å². The van der Waals surface area contributed by atoms with E-state index in [0.717, 1.165) is 18.3 Å². The highest BCUT2D eigenvalue weighted by Gasteiger charge is 2.24. The summed E-state index contributed by atoms with van der Waals surface area (Å²) in [5, 5.41) is 0. The Labute approximate surface area is 105 Å². The van der Waals surface area contributed by atoms with Crippen molar-refractivity contribution < 1.29 is 0 Å². The minimum Gasteiger partial charge on any atom is -0.327 e. The molecule has 0 saturated heterocycles. The molecule has 0 heterocycles. The van der Waals surface area contributed by atoms with Crippen LogP contribution in [0.5, 0.6) is 0 Å². The van der Waals surface area contributed by atoms with E-state index in [1.807, 2.05) is 0 Å². The Morgan fingerprint density at radius 2 is 1.94 bits per heavy atom. The van der Waals surface area contributed by atoms with E-state index in [0.29, 0.717) is 6.04 Å². The highest BCUT2D eigenvalue weighted by molar-refractivity contribution is 5.22. The lowest BCUT2D eigenvalue weighted by molar-refractivity contribution is 0.245. The first-order valence-corrected chi connectivity index (χ1v) is 6.96. The van der Waals surface area contributed by atoms with E-state index in [9.17, 15) is 0 Å². The molecule has 17 heavy (non-hydrogen) atoms. The zero-order valence-corrected chi connectivity index (χ0v) is 11.2. The number of benzene rings is 1. The monoisotopic (exact) mass is 231 g/mol. The van der Waals surface area contributed by atoms with Gasteiger partial charge in [-0.25, -0.2) is 0 Å². The van der Waals surface area contributed by atoms with Crippen LogP contribution in [0.4, 0.5) is 0 Å². The fourth-order valence-electron chi connectivity index (χ4n) is 3.03. The van der Waals surface area contributed by atoms with E-state index in [2.05, 4.69) is 38.1 Å². The first-order chi connectivity index (χ1) is 8.15. The van der Waals surface area contributed by atoms with Crippen molar-refractivity contribution in [2.24, 2.45) is 17.6 Å². The van der Waals surface area contributed by atoms with Gasteiger partial charge in [0.1, 0.15) is 0 Å². The Balaban J connectivity index is 1.91. The van der Waals surface area contributed by atoms with E-state index in [-0.39, 0.29) is 0 Å². The molecular weight excluding hydrogens is 206 g/mol. The maximum absolute atomic E-state index is 6.38. The summed E-state index contributed by atoms with van der Waals surface area (Å²) in [6.07, 6.45) is 6.46. The quantitative estimate of drug-likeness (QED) is 0.843. The smallest absolute Gasteiger partial charge is 0.0108 e. The summed E-state index contributed by atoms with van der Waals surface area (Å²) >= 11 is 0. The van der Waals surface area contributed by atoms with Crippen molar-refractivity contribution in [2.45, 2.75) is 52.0 Å². The maximum Gasteiger partial charge on any atom is 0.0108 e. The van der Waals surface area contributed by atoms with Crippen molar-refractivity contribution in [3.63, 3.8) is 0 Å². The molecule has 0 aliphatic heterocycles. The molecule has 1 saturated carbocycles. The Morgan fingerprint density at radius 1 is 1.24 bits per heavy atom. The summed E-state index contributed by atoms with van der Waals surface area (Å²) < 4.78 is 0. The summed E-state index contributed by atoms with van der Waals surface area (Å²) in [6.45, 7) is 4.50. The number of hydrogen-bond acceptors (Lipinski definition) is 1. The minimum absolute atomic E-state index is 0.348. The molecule has 1 fully saturated rings. The summed E-state index contributed by atoms with van der Waals surface area (Å²) in [5.74, 6) is 1.61. The van der Waals surface area contributed by atoms with Crippen molar-refractivity contribution in [3.05, 3.63) is 35.4 Å². The number of hydrogen-bond donors (Lipinski definition) is 1. The summed E-state index contributed by atoms with van der Waals surface area (Å²) in [5.41, 5.74) is 9.10. The van der Waals surface area contributed by atoms with E-state index in [1.165, 1.54) is 36.8 Å². The Bertz CT molecular complexity index is 341. The van der Waals surface area contributed by atoms with Crippen LogP contribution in [0.15, 0.2) is 24.3 Å². The SMILES string of the molecule is Cc1ccc(CC(N)C2CCCC(C)C2)cc1. The molecule has 0 radical (unpaired) electrons. The average Bonchev–Trinajstić information content (AvgIpc) is 2.32.